The van der Waals surface area contributed by atoms with Gasteiger partial charge in [0.1, 0.15) is 0 Å². The molecule has 0 N–H and O–H groups in total. The highest BCUT2D eigenvalue weighted by atomic mass is 35.5. The zero-order valence-electron chi connectivity index (χ0n) is 8.87. The Balaban J connectivity index is 2.60. The Kier molecular flexibility index (Phi) is 2.94. The summed E-state index contributed by atoms with van der Waals surface area (Å²) in [6.07, 6.45) is 0. The molecule has 2 rings (SSSR count). The van der Waals surface area contributed by atoms with Crippen LogP contribution in [-0.4, -0.2) is 0 Å². The van der Waals surface area contributed by atoms with E-state index < -0.39 is 0 Å². The molecular weight excluding hydrogens is 218 g/mol. The van der Waals surface area contributed by atoms with E-state index in [-0.39, 0.29) is 0 Å². The highest BCUT2D eigenvalue weighted by Gasteiger charge is 2.05. The van der Waals surface area contributed by atoms with Crippen LogP contribution in [0.5, 0.6) is 0 Å². The van der Waals surface area contributed by atoms with Crippen LogP contribution in [0.2, 0.25) is 5.02 Å². The van der Waals surface area contributed by atoms with Gasteiger partial charge in [-0.05, 0) is 35.7 Å². The zero-order chi connectivity index (χ0) is 11.5. The normalized spacial score (nSPS) is 9.81. The first-order valence-electron chi connectivity index (χ1n) is 4.98. The van der Waals surface area contributed by atoms with Crippen molar-refractivity contribution in [3.05, 3.63) is 58.6 Å². The highest BCUT2D eigenvalue weighted by molar-refractivity contribution is 6.31. The minimum atomic E-state index is 0.669. The lowest BCUT2D eigenvalue weighted by atomic mass is 9.99. The average molecular weight is 228 g/mol. The fraction of sp³-hybridized carbons (Fsp3) is 0.0714. The van der Waals surface area contributed by atoms with E-state index in [1.807, 2.05) is 49.4 Å². The lowest BCUT2D eigenvalue weighted by Gasteiger charge is -2.05. The Labute approximate surface area is 99.9 Å². The van der Waals surface area contributed by atoms with Crippen LogP contribution in [0.15, 0.2) is 42.5 Å². The molecule has 0 radical (unpaired) electrons. The van der Waals surface area contributed by atoms with E-state index in [4.69, 9.17) is 16.9 Å². The van der Waals surface area contributed by atoms with Crippen LogP contribution in [0.25, 0.3) is 11.1 Å². The van der Waals surface area contributed by atoms with E-state index >= 15 is 0 Å². The van der Waals surface area contributed by atoms with E-state index in [0.717, 1.165) is 21.7 Å². The van der Waals surface area contributed by atoms with E-state index in [2.05, 4.69) is 6.07 Å². The summed E-state index contributed by atoms with van der Waals surface area (Å²) in [5, 5.41) is 9.75. The molecule has 0 saturated carbocycles. The van der Waals surface area contributed by atoms with Crippen molar-refractivity contribution in [3.63, 3.8) is 0 Å². The van der Waals surface area contributed by atoms with Gasteiger partial charge in [0.2, 0.25) is 0 Å². The van der Waals surface area contributed by atoms with E-state index in [9.17, 15) is 0 Å². The number of halogens is 1. The minimum absolute atomic E-state index is 0.669. The number of aryl methyl sites for hydroxylation is 1. The molecule has 0 aliphatic heterocycles. The summed E-state index contributed by atoms with van der Waals surface area (Å²) < 4.78 is 0. The molecule has 0 spiro atoms. The van der Waals surface area contributed by atoms with Gasteiger partial charge in [0, 0.05) is 5.02 Å². The van der Waals surface area contributed by atoms with Crippen molar-refractivity contribution in [3.8, 4) is 17.2 Å². The number of nitrogens with zero attached hydrogens (tertiary/aromatic N) is 1. The number of nitriles is 1. The van der Waals surface area contributed by atoms with Crippen molar-refractivity contribution in [1.29, 1.82) is 5.26 Å². The summed E-state index contributed by atoms with van der Waals surface area (Å²) in [7, 11) is 0. The van der Waals surface area contributed by atoms with Gasteiger partial charge < -0.3 is 0 Å². The number of hydrogen-bond donors (Lipinski definition) is 0. The average Bonchev–Trinajstić information content (AvgIpc) is 2.32. The van der Waals surface area contributed by atoms with Gasteiger partial charge in [0.25, 0.3) is 0 Å². The van der Waals surface area contributed by atoms with Crippen molar-refractivity contribution >= 4 is 11.6 Å². The van der Waals surface area contributed by atoms with Crippen LogP contribution in [0.3, 0.4) is 0 Å². The molecule has 0 atom stereocenters. The molecular formula is C14H10ClN. The summed E-state index contributed by atoms with van der Waals surface area (Å²) in [5.41, 5.74) is 3.61. The predicted octanol–water partition coefficient (Wildman–Crippen LogP) is 4.19. The van der Waals surface area contributed by atoms with Crippen LogP contribution >= 0.6 is 11.6 Å². The lowest BCUT2D eigenvalue weighted by molar-refractivity contribution is 1.45. The molecule has 0 heterocycles. The summed E-state index contributed by atoms with van der Waals surface area (Å²) in [5.74, 6) is 0. The Morgan fingerprint density at radius 1 is 1.12 bits per heavy atom. The predicted molar refractivity (Wildman–Crippen MR) is 66.3 cm³/mol. The first-order chi connectivity index (χ1) is 7.72. The van der Waals surface area contributed by atoms with Crippen LogP contribution in [-0.2, 0) is 0 Å². The molecule has 0 fully saturated rings. The monoisotopic (exact) mass is 227 g/mol. The molecule has 16 heavy (non-hydrogen) atoms. The number of benzene rings is 2. The van der Waals surface area contributed by atoms with Gasteiger partial charge in [-0.3, -0.25) is 0 Å². The Hall–Kier alpha value is -1.78. The maximum atomic E-state index is 9.02. The third-order valence-corrected chi connectivity index (χ3v) is 2.94. The maximum Gasteiger partial charge on any atom is 0.0998 e. The van der Waals surface area contributed by atoms with Crippen molar-refractivity contribution in [2.45, 2.75) is 6.92 Å². The van der Waals surface area contributed by atoms with Gasteiger partial charge >= 0.3 is 0 Å². The molecule has 78 valence electrons. The van der Waals surface area contributed by atoms with Crippen molar-refractivity contribution in [1.82, 2.24) is 0 Å². The van der Waals surface area contributed by atoms with E-state index in [1.54, 1.807) is 0 Å². The van der Waals surface area contributed by atoms with Gasteiger partial charge in [-0.15, -0.1) is 0 Å². The second-order valence-corrected chi connectivity index (χ2v) is 4.03. The Morgan fingerprint density at radius 3 is 2.56 bits per heavy atom. The molecule has 2 aromatic rings. The third kappa shape index (κ3) is 1.93. The number of rotatable bonds is 1. The van der Waals surface area contributed by atoms with Gasteiger partial charge in [-0.2, -0.15) is 5.26 Å². The molecule has 0 unspecified atom stereocenters. The van der Waals surface area contributed by atoms with E-state index in [1.165, 1.54) is 0 Å². The standard InChI is InChI=1S/C14H10ClN/c1-10-6-7-11(8-14(10)15)13-5-3-2-4-12(13)9-16/h2-8H,1H3. The summed E-state index contributed by atoms with van der Waals surface area (Å²) in [6.45, 7) is 1.96. The highest BCUT2D eigenvalue weighted by Crippen LogP contribution is 2.27. The lowest BCUT2D eigenvalue weighted by Crippen LogP contribution is -1.84. The van der Waals surface area contributed by atoms with Gasteiger partial charge in [-0.25, -0.2) is 0 Å². The van der Waals surface area contributed by atoms with Crippen molar-refractivity contribution in [2.24, 2.45) is 0 Å². The zero-order valence-corrected chi connectivity index (χ0v) is 9.62. The van der Waals surface area contributed by atoms with Crippen molar-refractivity contribution in [2.75, 3.05) is 0 Å². The molecule has 0 aliphatic rings. The summed E-state index contributed by atoms with van der Waals surface area (Å²) >= 11 is 6.08. The van der Waals surface area contributed by atoms with Crippen LogP contribution in [0, 0.1) is 18.3 Å². The Bertz CT molecular complexity index is 567. The fourth-order valence-electron chi connectivity index (χ4n) is 1.59. The van der Waals surface area contributed by atoms with Crippen LogP contribution in [0.4, 0.5) is 0 Å². The minimum Gasteiger partial charge on any atom is -0.192 e. The quantitative estimate of drug-likeness (QED) is 0.717. The Morgan fingerprint density at radius 2 is 1.88 bits per heavy atom. The third-order valence-electron chi connectivity index (χ3n) is 2.53. The van der Waals surface area contributed by atoms with Crippen LogP contribution < -0.4 is 0 Å². The van der Waals surface area contributed by atoms with Gasteiger partial charge in [0.05, 0.1) is 11.6 Å². The van der Waals surface area contributed by atoms with Gasteiger partial charge in [-0.1, -0.05) is 41.9 Å². The molecule has 0 aliphatic carbocycles. The molecule has 1 nitrogen and oxygen atoms in total. The second-order valence-electron chi connectivity index (χ2n) is 3.62. The number of hydrogen-bond acceptors (Lipinski definition) is 1. The molecule has 2 heteroatoms. The van der Waals surface area contributed by atoms with Gasteiger partial charge in [0.15, 0.2) is 0 Å². The molecule has 0 bridgehead atoms. The molecule has 2 aromatic carbocycles. The van der Waals surface area contributed by atoms with Crippen LogP contribution in [0.1, 0.15) is 11.1 Å². The maximum absolute atomic E-state index is 9.02. The topological polar surface area (TPSA) is 23.8 Å². The molecule has 0 aromatic heterocycles. The SMILES string of the molecule is Cc1ccc(-c2ccccc2C#N)cc1Cl. The molecule has 0 amide bonds. The smallest absolute Gasteiger partial charge is 0.0998 e. The largest absolute Gasteiger partial charge is 0.192 e. The first kappa shape index (κ1) is 10.7. The van der Waals surface area contributed by atoms with E-state index in [0.29, 0.717) is 5.56 Å². The van der Waals surface area contributed by atoms with Crippen molar-refractivity contribution < 1.29 is 0 Å². The summed E-state index contributed by atoms with van der Waals surface area (Å²) in [4.78, 5) is 0. The first-order valence-corrected chi connectivity index (χ1v) is 5.36. The molecule has 0 saturated heterocycles. The summed E-state index contributed by atoms with van der Waals surface area (Å²) in [6, 6.07) is 15.5. The second kappa shape index (κ2) is 4.38. The fourth-order valence-corrected chi connectivity index (χ4v) is 1.77.